The summed E-state index contributed by atoms with van der Waals surface area (Å²) < 4.78 is 10.0. The molecule has 4 atom stereocenters. The molecule has 0 bridgehead atoms. The van der Waals surface area contributed by atoms with Crippen molar-refractivity contribution < 1.29 is 24.5 Å². The Bertz CT molecular complexity index is 546. The topological polar surface area (TPSA) is 76.0 Å². The number of aliphatic hydroxyl groups excluding tert-OH is 2. The van der Waals surface area contributed by atoms with Gasteiger partial charge in [-0.1, -0.05) is 50.1 Å². The molecule has 0 saturated carbocycles. The van der Waals surface area contributed by atoms with Crippen molar-refractivity contribution in [2.45, 2.75) is 39.1 Å². The fraction of sp³-hybridized carbons (Fsp3) is 0.526. The van der Waals surface area contributed by atoms with Crippen LogP contribution in [0.15, 0.2) is 30.3 Å². The predicted octanol–water partition coefficient (Wildman–Crippen LogP) is 1.76. The Hall–Kier alpha value is -1.87. The first-order valence-corrected chi connectivity index (χ1v) is 8.00. The number of carbonyl (C=O) groups is 1. The van der Waals surface area contributed by atoms with Gasteiger partial charge in [-0.15, -0.1) is 0 Å². The maximum atomic E-state index is 10.9. The molecule has 0 spiro atoms. The van der Waals surface area contributed by atoms with Gasteiger partial charge in [0, 0.05) is 24.2 Å². The molecular weight excluding hydrogens is 308 g/mol. The summed E-state index contributed by atoms with van der Waals surface area (Å²) in [6.07, 6.45) is -1.45. The van der Waals surface area contributed by atoms with Gasteiger partial charge in [-0.25, -0.2) is 4.79 Å². The average molecular weight is 334 g/mol. The summed E-state index contributed by atoms with van der Waals surface area (Å²) in [6, 6.07) is 9.80. The van der Waals surface area contributed by atoms with E-state index in [2.05, 4.69) is 16.6 Å². The lowest BCUT2D eigenvalue weighted by Crippen LogP contribution is -2.35. The highest BCUT2D eigenvalue weighted by molar-refractivity contribution is 5.88. The number of hydrogen-bond acceptors (Lipinski definition) is 5. The van der Waals surface area contributed by atoms with Crippen molar-refractivity contribution in [1.82, 2.24) is 0 Å². The lowest BCUT2D eigenvalue weighted by Gasteiger charge is -2.27. The largest absolute Gasteiger partial charge is 0.459 e. The summed E-state index contributed by atoms with van der Waals surface area (Å²) in [7, 11) is 1.25. The standard InChI is InChI=1S/C19H26O5/c1-14(12-24-13-16-8-5-4-6-9-16)19(22)15(2)17(20)10-7-11-18(21)23-3/h4-6,8-9,14-15,17,19-20,22H,10,12-13H2,1-3H3/t14-,15-,17+,19+/m1/s1. The van der Waals surface area contributed by atoms with Crippen LogP contribution in [0.25, 0.3) is 0 Å². The van der Waals surface area contributed by atoms with E-state index >= 15 is 0 Å². The first kappa shape index (κ1) is 20.2. The zero-order valence-electron chi connectivity index (χ0n) is 14.4. The smallest absolute Gasteiger partial charge is 0.384 e. The number of carbonyl (C=O) groups excluding carboxylic acids is 1. The average Bonchev–Trinajstić information content (AvgIpc) is 2.60. The number of aliphatic hydroxyl groups is 2. The van der Waals surface area contributed by atoms with Crippen LogP contribution in [0, 0.1) is 23.7 Å². The Kier molecular flexibility index (Phi) is 9.10. The van der Waals surface area contributed by atoms with Crippen LogP contribution in [0.2, 0.25) is 0 Å². The van der Waals surface area contributed by atoms with Crippen molar-refractivity contribution >= 4 is 5.97 Å². The normalized spacial score (nSPS) is 15.5. The highest BCUT2D eigenvalue weighted by atomic mass is 16.5. The summed E-state index contributed by atoms with van der Waals surface area (Å²) in [5.41, 5.74) is 1.07. The minimum Gasteiger partial charge on any atom is -0.459 e. The minimum absolute atomic E-state index is 0.102. The molecule has 0 unspecified atom stereocenters. The second-order valence-corrected chi connectivity index (χ2v) is 5.89. The van der Waals surface area contributed by atoms with Gasteiger partial charge in [0.15, 0.2) is 0 Å². The molecule has 0 amide bonds. The lowest BCUT2D eigenvalue weighted by atomic mass is 9.88. The van der Waals surface area contributed by atoms with E-state index in [1.54, 1.807) is 6.92 Å². The van der Waals surface area contributed by atoms with Crippen LogP contribution in [0.5, 0.6) is 0 Å². The molecule has 5 heteroatoms. The molecule has 2 N–H and O–H groups in total. The Morgan fingerprint density at radius 1 is 1.21 bits per heavy atom. The zero-order valence-corrected chi connectivity index (χ0v) is 14.4. The van der Waals surface area contributed by atoms with Gasteiger partial charge in [-0.3, -0.25) is 0 Å². The second kappa shape index (κ2) is 10.8. The molecule has 0 aliphatic carbocycles. The molecule has 5 nitrogen and oxygen atoms in total. The molecule has 24 heavy (non-hydrogen) atoms. The number of benzene rings is 1. The molecule has 1 aromatic rings. The Morgan fingerprint density at radius 2 is 1.88 bits per heavy atom. The predicted molar refractivity (Wildman–Crippen MR) is 90.8 cm³/mol. The van der Waals surface area contributed by atoms with Gasteiger partial charge in [-0.05, 0) is 5.56 Å². The third-order valence-electron chi connectivity index (χ3n) is 3.91. The Morgan fingerprint density at radius 3 is 2.50 bits per heavy atom. The molecule has 0 saturated heterocycles. The fourth-order valence-corrected chi connectivity index (χ4v) is 2.25. The van der Waals surface area contributed by atoms with Crippen molar-refractivity contribution in [2.75, 3.05) is 13.7 Å². The van der Waals surface area contributed by atoms with E-state index in [9.17, 15) is 15.0 Å². The van der Waals surface area contributed by atoms with E-state index in [1.165, 1.54) is 7.11 Å². The van der Waals surface area contributed by atoms with Gasteiger partial charge in [0.05, 0.1) is 32.5 Å². The summed E-state index contributed by atoms with van der Waals surface area (Å²) >= 11 is 0. The van der Waals surface area contributed by atoms with Gasteiger partial charge in [0.25, 0.3) is 0 Å². The van der Waals surface area contributed by atoms with E-state index in [0.717, 1.165) is 5.56 Å². The monoisotopic (exact) mass is 334 g/mol. The first-order chi connectivity index (χ1) is 11.5. The maximum absolute atomic E-state index is 10.9. The van der Waals surface area contributed by atoms with E-state index in [1.807, 2.05) is 37.3 Å². The molecule has 0 radical (unpaired) electrons. The second-order valence-electron chi connectivity index (χ2n) is 5.89. The molecule has 0 aliphatic rings. The fourth-order valence-electron chi connectivity index (χ4n) is 2.25. The number of methoxy groups -OCH3 is 1. The summed E-state index contributed by atoms with van der Waals surface area (Å²) in [6.45, 7) is 4.50. The molecular formula is C19H26O5. The van der Waals surface area contributed by atoms with Crippen molar-refractivity contribution in [2.24, 2.45) is 11.8 Å². The molecule has 1 aromatic carbocycles. The minimum atomic E-state index is -0.825. The molecule has 0 fully saturated rings. The van der Waals surface area contributed by atoms with Gasteiger partial charge in [0.2, 0.25) is 0 Å². The van der Waals surface area contributed by atoms with Crippen molar-refractivity contribution in [3.63, 3.8) is 0 Å². The van der Waals surface area contributed by atoms with Gasteiger partial charge in [0.1, 0.15) is 0 Å². The Labute approximate surface area is 143 Å². The maximum Gasteiger partial charge on any atom is 0.384 e. The molecule has 132 valence electrons. The number of hydrogen-bond donors (Lipinski definition) is 2. The van der Waals surface area contributed by atoms with Crippen molar-refractivity contribution in [1.29, 1.82) is 0 Å². The quantitative estimate of drug-likeness (QED) is 0.430. The van der Waals surface area contributed by atoms with Crippen LogP contribution in [-0.2, 0) is 20.9 Å². The summed E-state index contributed by atoms with van der Waals surface area (Å²) in [4.78, 5) is 10.9. The number of esters is 1. The van der Waals surface area contributed by atoms with E-state index in [0.29, 0.717) is 13.2 Å². The highest BCUT2D eigenvalue weighted by Gasteiger charge is 2.26. The first-order valence-electron chi connectivity index (χ1n) is 8.00. The van der Waals surface area contributed by atoms with E-state index < -0.39 is 18.2 Å². The van der Waals surface area contributed by atoms with Crippen molar-refractivity contribution in [3.05, 3.63) is 35.9 Å². The van der Waals surface area contributed by atoms with Crippen LogP contribution in [0.4, 0.5) is 0 Å². The number of ether oxygens (including phenoxy) is 2. The van der Waals surface area contributed by atoms with E-state index in [-0.39, 0.29) is 18.3 Å². The van der Waals surface area contributed by atoms with Gasteiger partial charge < -0.3 is 19.7 Å². The lowest BCUT2D eigenvalue weighted by molar-refractivity contribution is -0.133. The third-order valence-corrected chi connectivity index (χ3v) is 3.91. The summed E-state index contributed by atoms with van der Waals surface area (Å²) in [5.74, 6) is 3.66. The molecule has 0 aromatic heterocycles. The van der Waals surface area contributed by atoms with Crippen molar-refractivity contribution in [3.8, 4) is 11.8 Å². The van der Waals surface area contributed by atoms with Gasteiger partial charge >= 0.3 is 5.97 Å². The summed E-state index contributed by atoms with van der Waals surface area (Å²) in [5, 5.41) is 20.4. The van der Waals surface area contributed by atoms with Crippen LogP contribution < -0.4 is 0 Å². The van der Waals surface area contributed by atoms with Crippen LogP contribution in [-0.4, -0.2) is 42.1 Å². The van der Waals surface area contributed by atoms with Crippen LogP contribution in [0.3, 0.4) is 0 Å². The Balaban J connectivity index is 2.38. The van der Waals surface area contributed by atoms with Crippen LogP contribution >= 0.6 is 0 Å². The van der Waals surface area contributed by atoms with E-state index in [4.69, 9.17) is 4.74 Å². The highest BCUT2D eigenvalue weighted by Crippen LogP contribution is 2.19. The van der Waals surface area contributed by atoms with Crippen LogP contribution in [0.1, 0.15) is 25.8 Å². The SMILES string of the molecule is COC(=O)C#CC[C@H](O)[C@@H](C)[C@@H](O)[C@H](C)COCc1ccccc1. The number of rotatable bonds is 8. The van der Waals surface area contributed by atoms with Gasteiger partial charge in [-0.2, -0.15) is 0 Å². The third kappa shape index (κ3) is 7.14. The molecule has 0 aliphatic heterocycles. The molecule has 1 rings (SSSR count). The zero-order chi connectivity index (χ0) is 17.9. The molecule has 0 heterocycles.